The van der Waals surface area contributed by atoms with E-state index in [2.05, 4.69) is 29.6 Å². The van der Waals surface area contributed by atoms with Crippen LogP contribution in [0.4, 0.5) is 0 Å². The highest BCUT2D eigenvalue weighted by Crippen LogP contribution is 2.38. The summed E-state index contributed by atoms with van der Waals surface area (Å²) in [6, 6.07) is 2.06. The zero-order valence-corrected chi connectivity index (χ0v) is 15.1. The quantitative estimate of drug-likeness (QED) is 0.826. The molecule has 5 nitrogen and oxygen atoms in total. The van der Waals surface area contributed by atoms with Gasteiger partial charge in [-0.25, -0.2) is 4.68 Å². The van der Waals surface area contributed by atoms with E-state index in [1.807, 2.05) is 11.7 Å². The summed E-state index contributed by atoms with van der Waals surface area (Å²) in [5, 5.41) is 7.93. The molecule has 0 amide bonds. The molecule has 25 heavy (non-hydrogen) atoms. The Morgan fingerprint density at radius 3 is 2.84 bits per heavy atom. The third-order valence-electron chi connectivity index (χ3n) is 5.57. The number of hydrogen-bond donors (Lipinski definition) is 1. The van der Waals surface area contributed by atoms with Crippen LogP contribution in [-0.2, 0) is 17.8 Å². The van der Waals surface area contributed by atoms with E-state index in [4.69, 9.17) is 14.6 Å². The third-order valence-corrected chi connectivity index (χ3v) is 5.57. The van der Waals surface area contributed by atoms with Crippen molar-refractivity contribution in [3.8, 4) is 5.88 Å². The molecular weight excluding hydrogens is 314 g/mol. The Bertz CT molecular complexity index is 641. The number of nitrogens with zero attached hydrogens (tertiary/aromatic N) is 2. The van der Waals surface area contributed by atoms with Crippen LogP contribution in [0.25, 0.3) is 0 Å². The lowest BCUT2D eigenvalue weighted by atomic mass is 9.80. The van der Waals surface area contributed by atoms with Crippen molar-refractivity contribution >= 4 is 0 Å². The predicted molar refractivity (Wildman–Crippen MR) is 97.6 cm³/mol. The van der Waals surface area contributed by atoms with E-state index < -0.39 is 0 Å². The fourth-order valence-corrected chi connectivity index (χ4v) is 4.21. The molecule has 2 saturated heterocycles. The van der Waals surface area contributed by atoms with Gasteiger partial charge in [0.2, 0.25) is 5.88 Å². The number of ether oxygens (including phenoxy) is 2. The number of rotatable bonds is 7. The average Bonchev–Trinajstić information content (AvgIpc) is 3.03. The van der Waals surface area contributed by atoms with E-state index in [1.54, 1.807) is 0 Å². The first kappa shape index (κ1) is 16.9. The number of fused-ring (bicyclic) bond motifs is 3. The molecule has 0 radical (unpaired) electrons. The second kappa shape index (κ2) is 7.75. The fraction of sp³-hybridized carbons (Fsp3) is 0.650. The van der Waals surface area contributed by atoms with E-state index in [9.17, 15) is 0 Å². The van der Waals surface area contributed by atoms with Crippen molar-refractivity contribution in [1.29, 1.82) is 0 Å². The standard InChI is InChI=1S/C20H29N3O2/c1-21-12-17-11-20(24-14-15-5-3-2-4-6-15)23(22-17)13-19-16-7-9-18(25-19)10-8-16/h3,5-6,11,16,18-19,21H,2,4,7-10,12-14H2,1H3. The van der Waals surface area contributed by atoms with Gasteiger partial charge in [0.25, 0.3) is 0 Å². The van der Waals surface area contributed by atoms with Crippen LogP contribution in [0.15, 0.2) is 29.9 Å². The molecule has 1 N–H and O–H groups in total. The Labute approximate surface area is 150 Å². The van der Waals surface area contributed by atoms with E-state index in [1.165, 1.54) is 31.3 Å². The molecule has 2 bridgehead atoms. The van der Waals surface area contributed by atoms with Crippen LogP contribution in [0.2, 0.25) is 0 Å². The van der Waals surface area contributed by atoms with E-state index in [0.29, 0.717) is 18.6 Å². The summed E-state index contributed by atoms with van der Waals surface area (Å²) in [7, 11) is 1.94. The first-order chi connectivity index (χ1) is 12.3. The minimum absolute atomic E-state index is 0.283. The van der Waals surface area contributed by atoms with Gasteiger partial charge >= 0.3 is 0 Å². The van der Waals surface area contributed by atoms with Crippen molar-refractivity contribution in [3.63, 3.8) is 0 Å². The second-order valence-electron chi connectivity index (χ2n) is 7.45. The number of aromatic nitrogens is 2. The van der Waals surface area contributed by atoms with Crippen LogP contribution in [0.5, 0.6) is 5.88 Å². The molecule has 5 rings (SSSR count). The molecule has 1 unspecified atom stereocenters. The minimum atomic E-state index is 0.283. The molecule has 0 spiro atoms. The van der Waals surface area contributed by atoms with Crippen molar-refractivity contribution in [1.82, 2.24) is 15.1 Å². The number of hydrogen-bond acceptors (Lipinski definition) is 4. The first-order valence-corrected chi connectivity index (χ1v) is 9.67. The van der Waals surface area contributed by atoms with E-state index in [0.717, 1.165) is 37.5 Å². The summed E-state index contributed by atoms with van der Waals surface area (Å²) in [5.74, 6) is 1.54. The zero-order valence-electron chi connectivity index (χ0n) is 15.1. The smallest absolute Gasteiger partial charge is 0.212 e. The normalized spacial score (nSPS) is 28.2. The van der Waals surface area contributed by atoms with Gasteiger partial charge in [-0.3, -0.25) is 0 Å². The minimum Gasteiger partial charge on any atom is -0.473 e. The van der Waals surface area contributed by atoms with Crippen molar-refractivity contribution in [3.05, 3.63) is 35.6 Å². The highest BCUT2D eigenvalue weighted by atomic mass is 16.5. The van der Waals surface area contributed by atoms with Crippen LogP contribution < -0.4 is 10.1 Å². The maximum Gasteiger partial charge on any atom is 0.212 e. The Kier molecular flexibility index (Phi) is 5.22. The zero-order chi connectivity index (χ0) is 17.1. The van der Waals surface area contributed by atoms with Crippen LogP contribution in [-0.4, -0.2) is 35.6 Å². The van der Waals surface area contributed by atoms with Crippen molar-refractivity contribution in [2.24, 2.45) is 5.92 Å². The van der Waals surface area contributed by atoms with Gasteiger partial charge in [0.1, 0.15) is 6.61 Å². The lowest BCUT2D eigenvalue weighted by molar-refractivity contribution is -0.131. The molecular formula is C20H29N3O2. The van der Waals surface area contributed by atoms with Gasteiger partial charge in [-0.05, 0) is 57.1 Å². The molecule has 1 atom stereocenters. The van der Waals surface area contributed by atoms with Gasteiger partial charge in [-0.1, -0.05) is 18.2 Å². The maximum absolute atomic E-state index is 6.25. The summed E-state index contributed by atoms with van der Waals surface area (Å²) >= 11 is 0. The molecule has 136 valence electrons. The van der Waals surface area contributed by atoms with Crippen LogP contribution in [0.1, 0.15) is 44.2 Å². The van der Waals surface area contributed by atoms with Gasteiger partial charge < -0.3 is 14.8 Å². The summed E-state index contributed by atoms with van der Waals surface area (Å²) in [6.07, 6.45) is 14.7. The number of nitrogens with one attached hydrogen (secondary N) is 1. The molecule has 4 aliphatic rings. The highest BCUT2D eigenvalue weighted by molar-refractivity contribution is 5.24. The van der Waals surface area contributed by atoms with Gasteiger partial charge in [0, 0.05) is 12.6 Å². The molecule has 3 heterocycles. The molecule has 2 aliphatic heterocycles. The SMILES string of the molecule is CNCc1cc(OCC2=CCCC=C2)n(CC2OC3CCC2CC3)n1. The summed E-state index contributed by atoms with van der Waals surface area (Å²) < 4.78 is 14.4. The Balaban J connectivity index is 1.45. The molecule has 1 saturated carbocycles. The van der Waals surface area contributed by atoms with Crippen LogP contribution in [0.3, 0.4) is 0 Å². The summed E-state index contributed by atoms with van der Waals surface area (Å²) in [4.78, 5) is 0. The molecule has 1 aromatic rings. The lowest BCUT2D eigenvalue weighted by Gasteiger charge is -2.42. The summed E-state index contributed by atoms with van der Waals surface area (Å²) in [5.41, 5.74) is 2.27. The topological polar surface area (TPSA) is 48.3 Å². The van der Waals surface area contributed by atoms with Crippen molar-refractivity contribution in [2.75, 3.05) is 13.7 Å². The molecule has 2 aliphatic carbocycles. The van der Waals surface area contributed by atoms with Gasteiger partial charge in [-0.2, -0.15) is 5.10 Å². The highest BCUT2D eigenvalue weighted by Gasteiger charge is 2.37. The first-order valence-electron chi connectivity index (χ1n) is 9.67. The second-order valence-corrected chi connectivity index (χ2v) is 7.45. The Morgan fingerprint density at radius 1 is 1.28 bits per heavy atom. The van der Waals surface area contributed by atoms with Crippen molar-refractivity contribution in [2.45, 2.75) is 63.8 Å². The monoisotopic (exact) mass is 343 g/mol. The predicted octanol–water partition coefficient (Wildman–Crippen LogP) is 3.22. The molecule has 0 aromatic carbocycles. The molecule has 1 aromatic heterocycles. The van der Waals surface area contributed by atoms with E-state index >= 15 is 0 Å². The lowest BCUT2D eigenvalue weighted by Crippen LogP contribution is -2.43. The van der Waals surface area contributed by atoms with E-state index in [-0.39, 0.29) is 6.10 Å². The van der Waals surface area contributed by atoms with Gasteiger partial charge in [0.15, 0.2) is 0 Å². The van der Waals surface area contributed by atoms with Gasteiger partial charge in [0.05, 0.1) is 24.4 Å². The Hall–Kier alpha value is -1.59. The van der Waals surface area contributed by atoms with Crippen molar-refractivity contribution < 1.29 is 9.47 Å². The van der Waals surface area contributed by atoms with Crippen LogP contribution in [0, 0.1) is 5.92 Å². The molecule has 3 fully saturated rings. The van der Waals surface area contributed by atoms with Crippen LogP contribution >= 0.6 is 0 Å². The largest absolute Gasteiger partial charge is 0.473 e. The Morgan fingerprint density at radius 2 is 2.16 bits per heavy atom. The van der Waals surface area contributed by atoms with Gasteiger partial charge in [-0.15, -0.1) is 0 Å². The summed E-state index contributed by atoms with van der Waals surface area (Å²) in [6.45, 7) is 2.16. The fourth-order valence-electron chi connectivity index (χ4n) is 4.21. The molecule has 5 heteroatoms. The maximum atomic E-state index is 6.25. The number of allylic oxidation sites excluding steroid dienone is 2. The third kappa shape index (κ3) is 3.98. The average molecular weight is 343 g/mol.